The molecule has 22 heavy (non-hydrogen) atoms. The summed E-state index contributed by atoms with van der Waals surface area (Å²) in [4.78, 5) is 9.51. The van der Waals surface area contributed by atoms with Crippen LogP contribution in [0.1, 0.15) is 17.1 Å². The third-order valence-corrected chi connectivity index (χ3v) is 3.54. The molecule has 0 radical (unpaired) electrons. The number of nitrogens with zero attached hydrogens (tertiary/aromatic N) is 6. The van der Waals surface area contributed by atoms with Gasteiger partial charge in [0, 0.05) is 18.0 Å². The van der Waals surface area contributed by atoms with E-state index >= 15 is 0 Å². The van der Waals surface area contributed by atoms with Gasteiger partial charge in [-0.1, -0.05) is 35.5 Å². The van der Waals surface area contributed by atoms with E-state index in [1.807, 2.05) is 35.7 Å². The predicted octanol–water partition coefficient (Wildman–Crippen LogP) is 1.22. The van der Waals surface area contributed by atoms with Crippen LogP contribution < -0.4 is 5.73 Å². The van der Waals surface area contributed by atoms with Crippen LogP contribution in [0.25, 0.3) is 0 Å². The Labute approximate surface area is 130 Å². The minimum Gasteiger partial charge on any atom is -0.389 e. The van der Waals surface area contributed by atoms with Gasteiger partial charge in [-0.2, -0.15) is 0 Å². The molecule has 0 aliphatic carbocycles. The number of oxime groups is 1. The predicted molar refractivity (Wildman–Crippen MR) is 82.2 cm³/mol. The number of thiazole rings is 1. The van der Waals surface area contributed by atoms with Gasteiger partial charge >= 0.3 is 0 Å². The topological polar surface area (TPSA) is 104 Å². The smallest absolute Gasteiger partial charge is 0.204 e. The first-order chi connectivity index (χ1) is 10.7. The molecule has 2 aromatic heterocycles. The largest absolute Gasteiger partial charge is 0.389 e. The Morgan fingerprint density at radius 2 is 2.18 bits per heavy atom. The molecule has 2 heterocycles. The van der Waals surface area contributed by atoms with Gasteiger partial charge in [0.25, 0.3) is 0 Å². The van der Waals surface area contributed by atoms with Crippen LogP contribution in [0.3, 0.4) is 0 Å². The highest BCUT2D eigenvalue weighted by atomic mass is 32.1. The number of hydrogen-bond donors (Lipinski definition) is 1. The molecule has 0 saturated heterocycles. The van der Waals surface area contributed by atoms with E-state index in [1.54, 1.807) is 7.05 Å². The first-order valence-corrected chi connectivity index (χ1v) is 7.30. The van der Waals surface area contributed by atoms with Gasteiger partial charge in [-0.25, -0.2) is 9.67 Å². The summed E-state index contributed by atoms with van der Waals surface area (Å²) in [5, 5.41) is 18.0. The van der Waals surface area contributed by atoms with Gasteiger partial charge in [0.2, 0.25) is 5.82 Å². The lowest BCUT2D eigenvalue weighted by molar-refractivity contribution is 0.128. The number of nitrogens with two attached hydrogens (primary N) is 1. The standard InChI is InChI=1S/C13H13N7OS/c1-20-12(16-18-19-20)11(9-5-3-2-4-6-9)17-21-7-10-8-22-13(14)15-10/h2-6,8H,7H2,1H3,(H2,14,15)/b17-11-. The molecule has 9 heteroatoms. The summed E-state index contributed by atoms with van der Waals surface area (Å²) >= 11 is 1.36. The Bertz CT molecular complexity index is 781. The molecule has 0 aliphatic heterocycles. The van der Waals surface area contributed by atoms with Crippen molar-refractivity contribution in [2.24, 2.45) is 12.2 Å². The number of rotatable bonds is 5. The lowest BCUT2D eigenvalue weighted by Crippen LogP contribution is -2.12. The van der Waals surface area contributed by atoms with Crippen molar-refractivity contribution >= 4 is 22.2 Å². The van der Waals surface area contributed by atoms with Crippen LogP contribution in [0, 0.1) is 0 Å². The van der Waals surface area contributed by atoms with Gasteiger partial charge in [-0.05, 0) is 10.4 Å². The summed E-state index contributed by atoms with van der Waals surface area (Å²) in [5.74, 6) is 0.518. The van der Waals surface area contributed by atoms with E-state index in [0.29, 0.717) is 16.7 Å². The zero-order chi connectivity index (χ0) is 15.4. The number of aromatic nitrogens is 5. The quantitative estimate of drug-likeness (QED) is 0.561. The van der Waals surface area contributed by atoms with E-state index in [2.05, 4.69) is 25.7 Å². The van der Waals surface area contributed by atoms with Crippen molar-refractivity contribution < 1.29 is 4.84 Å². The Hall–Kier alpha value is -2.81. The molecule has 0 fully saturated rings. The van der Waals surface area contributed by atoms with Crippen molar-refractivity contribution in [3.8, 4) is 0 Å². The van der Waals surface area contributed by atoms with Gasteiger partial charge in [0.15, 0.2) is 17.5 Å². The third kappa shape index (κ3) is 3.09. The zero-order valence-corrected chi connectivity index (χ0v) is 12.6. The first kappa shape index (κ1) is 14.1. The van der Waals surface area contributed by atoms with Gasteiger partial charge in [-0.15, -0.1) is 16.4 Å². The van der Waals surface area contributed by atoms with Crippen LogP contribution >= 0.6 is 11.3 Å². The van der Waals surface area contributed by atoms with Crippen LogP contribution in [0.5, 0.6) is 0 Å². The van der Waals surface area contributed by atoms with E-state index in [1.165, 1.54) is 16.0 Å². The summed E-state index contributed by atoms with van der Waals surface area (Å²) in [7, 11) is 1.74. The molecule has 0 spiro atoms. The number of nitrogen functional groups attached to an aromatic ring is 1. The number of hydrogen-bond acceptors (Lipinski definition) is 8. The highest BCUT2D eigenvalue weighted by molar-refractivity contribution is 7.13. The number of benzene rings is 1. The second-order valence-electron chi connectivity index (χ2n) is 4.38. The Morgan fingerprint density at radius 1 is 1.36 bits per heavy atom. The first-order valence-electron chi connectivity index (χ1n) is 6.42. The minimum atomic E-state index is 0.231. The fraction of sp³-hybridized carbons (Fsp3) is 0.154. The second-order valence-corrected chi connectivity index (χ2v) is 5.27. The lowest BCUT2D eigenvalue weighted by atomic mass is 10.1. The van der Waals surface area contributed by atoms with Crippen molar-refractivity contribution in [1.29, 1.82) is 0 Å². The van der Waals surface area contributed by atoms with E-state index in [0.717, 1.165) is 11.3 Å². The molecule has 3 aromatic rings. The summed E-state index contributed by atoms with van der Waals surface area (Å²) in [6.45, 7) is 0.231. The van der Waals surface area contributed by atoms with Crippen LogP contribution in [-0.2, 0) is 18.5 Å². The Morgan fingerprint density at radius 3 is 2.82 bits per heavy atom. The highest BCUT2D eigenvalue weighted by Crippen LogP contribution is 2.13. The molecule has 0 unspecified atom stereocenters. The fourth-order valence-electron chi connectivity index (χ4n) is 1.80. The van der Waals surface area contributed by atoms with Crippen molar-refractivity contribution in [3.05, 3.63) is 52.8 Å². The second kappa shape index (κ2) is 6.31. The minimum absolute atomic E-state index is 0.231. The van der Waals surface area contributed by atoms with Crippen LogP contribution in [0.15, 0.2) is 40.9 Å². The van der Waals surface area contributed by atoms with Gasteiger partial charge in [0.1, 0.15) is 0 Å². The number of tetrazole rings is 1. The average Bonchev–Trinajstić information content (AvgIpc) is 3.13. The maximum absolute atomic E-state index is 5.58. The van der Waals surface area contributed by atoms with Crippen molar-refractivity contribution in [2.75, 3.05) is 5.73 Å². The summed E-state index contributed by atoms with van der Waals surface area (Å²) in [5.41, 5.74) is 7.73. The molecule has 8 nitrogen and oxygen atoms in total. The monoisotopic (exact) mass is 315 g/mol. The molecule has 112 valence electrons. The third-order valence-electron chi connectivity index (χ3n) is 2.82. The van der Waals surface area contributed by atoms with E-state index in [9.17, 15) is 0 Å². The molecule has 0 aliphatic rings. The summed E-state index contributed by atoms with van der Waals surface area (Å²) in [6, 6.07) is 9.58. The maximum Gasteiger partial charge on any atom is 0.204 e. The van der Waals surface area contributed by atoms with Gasteiger partial charge in [0.05, 0.1) is 5.69 Å². The van der Waals surface area contributed by atoms with Crippen molar-refractivity contribution in [1.82, 2.24) is 25.2 Å². The molecule has 0 bridgehead atoms. The normalized spacial score (nSPS) is 11.6. The number of aryl methyl sites for hydroxylation is 1. The Kier molecular flexibility index (Phi) is 4.05. The van der Waals surface area contributed by atoms with Crippen molar-refractivity contribution in [2.45, 2.75) is 6.61 Å². The number of anilines is 1. The molecule has 2 N–H and O–H groups in total. The molecule has 0 atom stereocenters. The lowest BCUT2D eigenvalue weighted by Gasteiger charge is -2.05. The molecular formula is C13H13N7OS. The SMILES string of the molecule is Cn1nnnc1/C(=N\OCc1csc(N)n1)c1ccccc1. The van der Waals surface area contributed by atoms with Crippen LogP contribution in [0.2, 0.25) is 0 Å². The molecule has 0 amide bonds. The summed E-state index contributed by atoms with van der Waals surface area (Å²) in [6.07, 6.45) is 0. The molecule has 1 aromatic carbocycles. The average molecular weight is 315 g/mol. The van der Waals surface area contributed by atoms with Gasteiger partial charge in [-0.3, -0.25) is 0 Å². The fourth-order valence-corrected chi connectivity index (χ4v) is 2.35. The molecule has 3 rings (SSSR count). The van der Waals surface area contributed by atoms with E-state index < -0.39 is 0 Å². The highest BCUT2D eigenvalue weighted by Gasteiger charge is 2.14. The van der Waals surface area contributed by atoms with Gasteiger partial charge < -0.3 is 10.6 Å². The van der Waals surface area contributed by atoms with E-state index in [-0.39, 0.29) is 6.61 Å². The van der Waals surface area contributed by atoms with Crippen molar-refractivity contribution in [3.63, 3.8) is 0 Å². The Balaban J connectivity index is 1.85. The zero-order valence-electron chi connectivity index (χ0n) is 11.7. The van der Waals surface area contributed by atoms with Crippen LogP contribution in [-0.4, -0.2) is 30.9 Å². The summed E-state index contributed by atoms with van der Waals surface area (Å²) < 4.78 is 1.54. The maximum atomic E-state index is 5.58. The molecular weight excluding hydrogens is 302 g/mol. The van der Waals surface area contributed by atoms with E-state index in [4.69, 9.17) is 10.6 Å². The molecule has 0 saturated carbocycles. The van der Waals surface area contributed by atoms with Crippen LogP contribution in [0.4, 0.5) is 5.13 Å².